The van der Waals surface area contributed by atoms with Gasteiger partial charge in [-0.25, -0.2) is 9.97 Å². The predicted octanol–water partition coefficient (Wildman–Crippen LogP) is 4.00. The number of halogens is 3. The third kappa shape index (κ3) is 6.48. The van der Waals surface area contributed by atoms with Crippen molar-refractivity contribution in [2.24, 2.45) is 0 Å². The second-order valence-corrected chi connectivity index (χ2v) is 6.83. The van der Waals surface area contributed by atoms with Gasteiger partial charge in [0.25, 0.3) is 5.91 Å². The molecule has 2 aromatic rings. The fourth-order valence-electron chi connectivity index (χ4n) is 2.11. The summed E-state index contributed by atoms with van der Waals surface area (Å²) in [4.78, 5) is 31.7. The second-order valence-electron chi connectivity index (χ2n) is 6.42. The van der Waals surface area contributed by atoms with Crippen LogP contribution in [0, 0.1) is 0 Å². The number of nitrogens with one attached hydrogen (secondary N) is 2. The number of alkyl halides is 2. The molecule has 0 unspecified atom stereocenters. The first-order valence-corrected chi connectivity index (χ1v) is 9.35. The Balaban J connectivity index is 1.97. The predicted molar refractivity (Wildman–Crippen MR) is 109 cm³/mol. The third-order valence-electron chi connectivity index (χ3n) is 3.94. The van der Waals surface area contributed by atoms with Crippen molar-refractivity contribution < 1.29 is 23.1 Å². The fourth-order valence-corrected chi connectivity index (χ4v) is 2.35. The number of hydrogen-bond acceptors (Lipinski definition) is 5. The molecule has 0 saturated carbocycles. The van der Waals surface area contributed by atoms with Crippen LogP contribution in [-0.2, 0) is 11.3 Å². The number of amides is 2. The minimum Gasteiger partial charge on any atom is -0.470 e. The van der Waals surface area contributed by atoms with E-state index in [-0.39, 0.29) is 41.2 Å². The molecular formula is C20H21ClF2N4O3. The Kier molecular flexibility index (Phi) is 7.82. The molecule has 0 saturated heterocycles. The van der Waals surface area contributed by atoms with Crippen molar-refractivity contribution in [1.82, 2.24) is 15.3 Å². The van der Waals surface area contributed by atoms with Gasteiger partial charge in [-0.2, -0.15) is 8.78 Å². The number of pyridine rings is 2. The Morgan fingerprint density at radius 1 is 1.30 bits per heavy atom. The SMILES string of the molecule is C=C(C)C(F)(F)COc1ncc(CNC(=O)c2ccnc(NC(=O)CC)c2)cc1Cl. The highest BCUT2D eigenvalue weighted by molar-refractivity contribution is 6.31. The van der Waals surface area contributed by atoms with Crippen molar-refractivity contribution in [3.8, 4) is 5.88 Å². The highest BCUT2D eigenvalue weighted by atomic mass is 35.5. The summed E-state index contributed by atoms with van der Waals surface area (Å²) >= 11 is 6.04. The van der Waals surface area contributed by atoms with Gasteiger partial charge in [-0.1, -0.05) is 25.1 Å². The number of nitrogens with zero attached hydrogens (tertiary/aromatic N) is 2. The van der Waals surface area contributed by atoms with Crippen LogP contribution in [0.4, 0.5) is 14.6 Å². The van der Waals surface area contributed by atoms with Gasteiger partial charge in [0, 0.05) is 30.9 Å². The Labute approximate surface area is 177 Å². The topological polar surface area (TPSA) is 93.2 Å². The molecule has 0 bridgehead atoms. The molecule has 2 rings (SSSR count). The van der Waals surface area contributed by atoms with Gasteiger partial charge in [0.1, 0.15) is 10.8 Å². The van der Waals surface area contributed by atoms with Crippen molar-refractivity contribution in [1.29, 1.82) is 0 Å². The Morgan fingerprint density at radius 3 is 2.67 bits per heavy atom. The number of hydrogen-bond donors (Lipinski definition) is 2. The van der Waals surface area contributed by atoms with Crippen molar-refractivity contribution in [2.75, 3.05) is 11.9 Å². The Bertz CT molecular complexity index is 953. The molecule has 30 heavy (non-hydrogen) atoms. The summed E-state index contributed by atoms with van der Waals surface area (Å²) in [5.41, 5.74) is 0.518. The Hall–Kier alpha value is -3.07. The zero-order valence-electron chi connectivity index (χ0n) is 16.5. The second kappa shape index (κ2) is 10.1. The highest BCUT2D eigenvalue weighted by Gasteiger charge is 2.31. The van der Waals surface area contributed by atoms with Gasteiger partial charge in [0.05, 0.1) is 0 Å². The first-order valence-electron chi connectivity index (χ1n) is 8.97. The van der Waals surface area contributed by atoms with E-state index in [1.807, 2.05) is 0 Å². The fraction of sp³-hybridized carbons (Fsp3) is 0.300. The smallest absolute Gasteiger partial charge is 0.302 e. The number of carbonyl (C=O) groups is 2. The Morgan fingerprint density at radius 2 is 2.03 bits per heavy atom. The minimum absolute atomic E-state index is 0.0349. The molecule has 0 aliphatic rings. The first-order chi connectivity index (χ1) is 14.1. The van der Waals surface area contributed by atoms with Crippen LogP contribution in [-0.4, -0.2) is 34.3 Å². The maximum atomic E-state index is 13.6. The summed E-state index contributed by atoms with van der Waals surface area (Å²) in [6.07, 6.45) is 3.06. The maximum Gasteiger partial charge on any atom is 0.302 e. The number of carbonyl (C=O) groups excluding carboxylic acids is 2. The summed E-state index contributed by atoms with van der Waals surface area (Å²) in [7, 11) is 0. The molecule has 2 heterocycles. The number of anilines is 1. The van der Waals surface area contributed by atoms with Crippen molar-refractivity contribution in [3.05, 3.63) is 58.9 Å². The van der Waals surface area contributed by atoms with E-state index in [1.165, 1.54) is 37.5 Å². The van der Waals surface area contributed by atoms with Crippen molar-refractivity contribution >= 4 is 29.2 Å². The molecule has 0 radical (unpaired) electrons. The zero-order chi connectivity index (χ0) is 22.3. The van der Waals surface area contributed by atoms with E-state index in [4.69, 9.17) is 16.3 Å². The molecule has 2 N–H and O–H groups in total. The molecular weight excluding hydrogens is 418 g/mol. The van der Waals surface area contributed by atoms with E-state index in [2.05, 4.69) is 27.2 Å². The summed E-state index contributed by atoms with van der Waals surface area (Å²) in [6.45, 7) is 5.28. The van der Waals surface area contributed by atoms with Gasteiger partial charge < -0.3 is 15.4 Å². The molecule has 0 fully saturated rings. The molecule has 7 nitrogen and oxygen atoms in total. The van der Waals surface area contributed by atoms with Gasteiger partial charge in [-0.05, 0) is 36.3 Å². The zero-order valence-corrected chi connectivity index (χ0v) is 17.2. The molecule has 2 aromatic heterocycles. The average molecular weight is 439 g/mol. The minimum atomic E-state index is -3.20. The number of aromatic nitrogens is 2. The van der Waals surface area contributed by atoms with E-state index >= 15 is 0 Å². The van der Waals surface area contributed by atoms with Crippen LogP contribution in [0.2, 0.25) is 5.02 Å². The molecule has 0 aliphatic carbocycles. The molecule has 160 valence electrons. The van der Waals surface area contributed by atoms with Gasteiger partial charge in [0.15, 0.2) is 6.61 Å². The maximum absolute atomic E-state index is 13.6. The number of ether oxygens (including phenoxy) is 1. The van der Waals surface area contributed by atoms with E-state index in [0.29, 0.717) is 11.1 Å². The summed E-state index contributed by atoms with van der Waals surface area (Å²) in [6, 6.07) is 4.41. The van der Waals surface area contributed by atoms with E-state index in [9.17, 15) is 18.4 Å². The van der Waals surface area contributed by atoms with Crippen LogP contribution in [0.5, 0.6) is 5.88 Å². The standard InChI is InChI=1S/C20H21ClF2N4O3/c1-4-17(28)27-16-8-14(5-6-24-16)18(29)25-9-13-7-15(21)19(26-10-13)30-11-20(22,23)12(2)3/h5-8,10H,2,4,9,11H2,1,3H3,(H,25,29)(H,24,27,28). The first kappa shape index (κ1) is 23.2. The lowest BCUT2D eigenvalue weighted by Gasteiger charge is -2.17. The quantitative estimate of drug-likeness (QED) is 0.577. The summed E-state index contributed by atoms with van der Waals surface area (Å²) < 4.78 is 32.1. The lowest BCUT2D eigenvalue weighted by atomic mass is 10.2. The average Bonchev–Trinajstić information content (AvgIpc) is 2.71. The molecule has 2 amide bonds. The van der Waals surface area contributed by atoms with Gasteiger partial charge in [-0.3, -0.25) is 9.59 Å². The lowest BCUT2D eigenvalue weighted by molar-refractivity contribution is -0.115. The monoisotopic (exact) mass is 438 g/mol. The van der Waals surface area contributed by atoms with Crippen molar-refractivity contribution in [2.45, 2.75) is 32.7 Å². The van der Waals surface area contributed by atoms with Crippen LogP contribution in [0.1, 0.15) is 36.2 Å². The third-order valence-corrected chi connectivity index (χ3v) is 4.21. The van der Waals surface area contributed by atoms with Gasteiger partial charge in [-0.15, -0.1) is 0 Å². The molecule has 0 spiro atoms. The molecule has 0 atom stereocenters. The molecule has 0 aliphatic heterocycles. The number of rotatable bonds is 9. The lowest BCUT2D eigenvalue weighted by Crippen LogP contribution is -2.27. The summed E-state index contributed by atoms with van der Waals surface area (Å²) in [5, 5.41) is 5.29. The van der Waals surface area contributed by atoms with Crippen LogP contribution in [0.25, 0.3) is 0 Å². The highest BCUT2D eigenvalue weighted by Crippen LogP contribution is 2.27. The normalized spacial score (nSPS) is 11.0. The van der Waals surface area contributed by atoms with Crippen LogP contribution in [0.15, 0.2) is 42.7 Å². The van der Waals surface area contributed by atoms with Crippen LogP contribution in [0.3, 0.4) is 0 Å². The van der Waals surface area contributed by atoms with Crippen molar-refractivity contribution in [3.63, 3.8) is 0 Å². The van der Waals surface area contributed by atoms with E-state index < -0.39 is 18.4 Å². The van der Waals surface area contributed by atoms with Crippen LogP contribution < -0.4 is 15.4 Å². The largest absolute Gasteiger partial charge is 0.470 e. The van der Waals surface area contributed by atoms with E-state index in [0.717, 1.165) is 0 Å². The molecule has 10 heteroatoms. The van der Waals surface area contributed by atoms with Gasteiger partial charge in [0.2, 0.25) is 11.8 Å². The van der Waals surface area contributed by atoms with Crippen LogP contribution >= 0.6 is 11.6 Å². The van der Waals surface area contributed by atoms with Gasteiger partial charge >= 0.3 is 5.92 Å². The summed E-state index contributed by atoms with van der Waals surface area (Å²) in [5.74, 6) is -3.69. The molecule has 0 aromatic carbocycles. The van der Waals surface area contributed by atoms with E-state index in [1.54, 1.807) is 6.92 Å².